The van der Waals surface area contributed by atoms with Gasteiger partial charge >= 0.3 is 0 Å². The minimum Gasteiger partial charge on any atom is -0.380 e. The van der Waals surface area contributed by atoms with Crippen molar-refractivity contribution in [3.63, 3.8) is 0 Å². The molecule has 20 heavy (non-hydrogen) atoms. The molecule has 0 atom stereocenters. The van der Waals surface area contributed by atoms with Crippen LogP contribution >= 0.6 is 0 Å². The lowest BCUT2D eigenvalue weighted by Gasteiger charge is -2.07. The first-order chi connectivity index (χ1) is 9.85. The van der Waals surface area contributed by atoms with Gasteiger partial charge in [0, 0.05) is 13.7 Å². The fourth-order valence-electron chi connectivity index (χ4n) is 1.93. The molecule has 0 radical (unpaired) electrons. The fourth-order valence-corrected chi connectivity index (χ4v) is 1.93. The highest BCUT2D eigenvalue weighted by Gasteiger charge is 2.01. The van der Waals surface area contributed by atoms with Crippen LogP contribution in [0.2, 0.25) is 0 Å². The third-order valence-electron chi connectivity index (χ3n) is 2.85. The van der Waals surface area contributed by atoms with Gasteiger partial charge in [0.15, 0.2) is 5.65 Å². The first kappa shape index (κ1) is 12.5. The van der Waals surface area contributed by atoms with Crippen molar-refractivity contribution in [3.8, 4) is 0 Å². The first-order valence-electron chi connectivity index (χ1n) is 6.21. The molecule has 7 heteroatoms. The van der Waals surface area contributed by atoms with E-state index in [1.54, 1.807) is 7.11 Å². The highest BCUT2D eigenvalue weighted by molar-refractivity contribution is 5.42. The Morgan fingerprint density at radius 2 is 2.10 bits per heavy atom. The summed E-state index contributed by atoms with van der Waals surface area (Å²) < 4.78 is 6.52. The highest BCUT2D eigenvalue weighted by atomic mass is 16.5. The number of ether oxygens (including phenoxy) is 1. The third kappa shape index (κ3) is 2.72. The molecule has 0 aliphatic heterocycles. The van der Waals surface area contributed by atoms with Gasteiger partial charge in [0.05, 0.1) is 6.61 Å². The van der Waals surface area contributed by atoms with Crippen LogP contribution < -0.4 is 5.32 Å². The Hall–Kier alpha value is -2.54. The molecule has 0 fully saturated rings. The molecule has 0 bridgehead atoms. The van der Waals surface area contributed by atoms with Crippen LogP contribution in [-0.2, 0) is 17.9 Å². The van der Waals surface area contributed by atoms with Gasteiger partial charge in [0.1, 0.15) is 5.82 Å². The Balaban J connectivity index is 1.70. The molecular weight excluding hydrogens is 256 g/mol. The maximum absolute atomic E-state index is 5.13. The molecule has 0 saturated heterocycles. The number of methoxy groups -OCH3 is 1. The lowest BCUT2D eigenvalue weighted by atomic mass is 10.1. The molecule has 2 heterocycles. The maximum Gasteiger partial charge on any atom is 0.200 e. The smallest absolute Gasteiger partial charge is 0.200 e. The van der Waals surface area contributed by atoms with Gasteiger partial charge in [-0.05, 0) is 33.7 Å². The van der Waals surface area contributed by atoms with E-state index in [9.17, 15) is 0 Å². The second-order valence-electron chi connectivity index (χ2n) is 4.35. The molecule has 3 aromatic rings. The van der Waals surface area contributed by atoms with Crippen LogP contribution in [-0.4, -0.2) is 32.4 Å². The first-order valence-corrected chi connectivity index (χ1v) is 6.21. The molecule has 2 aromatic heterocycles. The zero-order valence-corrected chi connectivity index (χ0v) is 11.0. The Morgan fingerprint density at radius 1 is 1.20 bits per heavy atom. The second kappa shape index (κ2) is 5.62. The number of fused-ring (bicyclic) bond motifs is 1. The summed E-state index contributed by atoms with van der Waals surface area (Å²) in [5.41, 5.74) is 2.94. The molecule has 0 aliphatic carbocycles. The largest absolute Gasteiger partial charge is 0.380 e. The summed E-state index contributed by atoms with van der Waals surface area (Å²) in [6, 6.07) is 11.9. The van der Waals surface area contributed by atoms with E-state index in [1.807, 2.05) is 24.3 Å². The number of hydrogen-bond acceptors (Lipinski definition) is 6. The molecule has 102 valence electrons. The van der Waals surface area contributed by atoms with Crippen molar-refractivity contribution in [2.45, 2.75) is 13.2 Å². The van der Waals surface area contributed by atoms with Gasteiger partial charge < -0.3 is 10.1 Å². The van der Waals surface area contributed by atoms with Gasteiger partial charge in [-0.3, -0.25) is 0 Å². The zero-order valence-electron chi connectivity index (χ0n) is 11.0. The lowest BCUT2D eigenvalue weighted by Crippen LogP contribution is -2.05. The van der Waals surface area contributed by atoms with Crippen molar-refractivity contribution in [3.05, 3.63) is 47.5 Å². The van der Waals surface area contributed by atoms with Crippen molar-refractivity contribution < 1.29 is 4.74 Å². The Morgan fingerprint density at radius 3 is 3.00 bits per heavy atom. The normalized spacial score (nSPS) is 10.8. The van der Waals surface area contributed by atoms with Crippen molar-refractivity contribution in [1.29, 1.82) is 0 Å². The van der Waals surface area contributed by atoms with Crippen LogP contribution in [0.25, 0.3) is 5.65 Å². The molecule has 0 amide bonds. The topological polar surface area (TPSA) is 77.2 Å². The molecule has 1 N–H and O–H groups in total. The molecule has 3 rings (SSSR count). The van der Waals surface area contributed by atoms with E-state index in [-0.39, 0.29) is 0 Å². The summed E-state index contributed by atoms with van der Waals surface area (Å²) in [6.07, 6.45) is 0. The molecule has 7 nitrogen and oxygen atoms in total. The van der Waals surface area contributed by atoms with Gasteiger partial charge in [-0.25, -0.2) is 0 Å². The lowest BCUT2D eigenvalue weighted by molar-refractivity contribution is 0.185. The molecular formula is C13H14N6O. The van der Waals surface area contributed by atoms with Gasteiger partial charge in [0.2, 0.25) is 0 Å². The Bertz CT molecular complexity index is 711. The van der Waals surface area contributed by atoms with Crippen molar-refractivity contribution >= 4 is 11.5 Å². The van der Waals surface area contributed by atoms with Crippen molar-refractivity contribution in [2.24, 2.45) is 0 Å². The average Bonchev–Trinajstić information content (AvgIpc) is 2.93. The minimum atomic E-state index is 0.614. The van der Waals surface area contributed by atoms with Crippen LogP contribution in [0.15, 0.2) is 36.4 Å². The quantitative estimate of drug-likeness (QED) is 0.752. The number of aromatic nitrogens is 5. The standard InChI is InChI=1S/C13H14N6O/c1-20-9-11-4-2-3-10(7-11)8-14-12-5-6-13-15-17-18-19(13)16-12/h2-7H,8-9H2,1H3,(H,14,16). The average molecular weight is 270 g/mol. The van der Waals surface area contributed by atoms with Crippen LogP contribution in [0, 0.1) is 0 Å². The van der Waals surface area contributed by atoms with Gasteiger partial charge in [-0.2, -0.15) is 0 Å². The van der Waals surface area contributed by atoms with Gasteiger partial charge in [0.25, 0.3) is 0 Å². The van der Waals surface area contributed by atoms with E-state index >= 15 is 0 Å². The molecule has 0 spiro atoms. The molecule has 0 unspecified atom stereocenters. The van der Waals surface area contributed by atoms with E-state index < -0.39 is 0 Å². The van der Waals surface area contributed by atoms with Crippen molar-refractivity contribution in [2.75, 3.05) is 12.4 Å². The summed E-state index contributed by atoms with van der Waals surface area (Å²) in [5.74, 6) is 0.724. The van der Waals surface area contributed by atoms with Crippen LogP contribution in [0.1, 0.15) is 11.1 Å². The minimum absolute atomic E-state index is 0.614. The summed E-state index contributed by atoms with van der Waals surface area (Å²) in [6.45, 7) is 1.29. The number of hydrogen-bond donors (Lipinski definition) is 1. The number of tetrazole rings is 1. The number of nitrogens with zero attached hydrogens (tertiary/aromatic N) is 5. The third-order valence-corrected chi connectivity index (χ3v) is 2.85. The summed E-state index contributed by atoms with van der Waals surface area (Å²) in [5, 5.41) is 18.6. The molecule has 0 saturated carbocycles. The zero-order chi connectivity index (χ0) is 13.8. The van der Waals surface area contributed by atoms with Crippen LogP contribution in [0.5, 0.6) is 0 Å². The van der Waals surface area contributed by atoms with E-state index in [0.29, 0.717) is 18.8 Å². The number of rotatable bonds is 5. The van der Waals surface area contributed by atoms with Crippen molar-refractivity contribution in [1.82, 2.24) is 25.3 Å². The number of nitrogens with one attached hydrogen (secondary N) is 1. The van der Waals surface area contributed by atoms with Crippen LogP contribution in [0.3, 0.4) is 0 Å². The summed E-state index contributed by atoms with van der Waals surface area (Å²) >= 11 is 0. The molecule has 0 aliphatic rings. The summed E-state index contributed by atoms with van der Waals surface area (Å²) in [7, 11) is 1.69. The van der Waals surface area contributed by atoms with E-state index in [1.165, 1.54) is 4.63 Å². The predicted molar refractivity (Wildman–Crippen MR) is 73.1 cm³/mol. The van der Waals surface area contributed by atoms with E-state index in [2.05, 4.69) is 38.1 Å². The van der Waals surface area contributed by atoms with E-state index in [0.717, 1.165) is 16.9 Å². The number of anilines is 1. The second-order valence-corrected chi connectivity index (χ2v) is 4.35. The van der Waals surface area contributed by atoms with Gasteiger partial charge in [-0.1, -0.05) is 24.3 Å². The monoisotopic (exact) mass is 270 g/mol. The van der Waals surface area contributed by atoms with Gasteiger partial charge in [-0.15, -0.1) is 14.8 Å². The highest BCUT2D eigenvalue weighted by Crippen LogP contribution is 2.09. The number of benzene rings is 1. The summed E-state index contributed by atoms with van der Waals surface area (Å²) in [4.78, 5) is 0. The predicted octanol–water partition coefficient (Wildman–Crippen LogP) is 1.28. The van der Waals surface area contributed by atoms with E-state index in [4.69, 9.17) is 4.74 Å². The Labute approximate surface area is 115 Å². The molecule has 1 aromatic carbocycles. The SMILES string of the molecule is COCc1cccc(CNc2ccc3nnnn3n2)c1. The Kier molecular flexibility index (Phi) is 3.51. The van der Waals surface area contributed by atoms with Crippen LogP contribution in [0.4, 0.5) is 5.82 Å². The maximum atomic E-state index is 5.13. The fraction of sp³-hybridized carbons (Fsp3) is 0.231.